The minimum Gasteiger partial charge on any atom is -0.493 e. The van der Waals surface area contributed by atoms with Gasteiger partial charge in [0.25, 0.3) is 5.91 Å². The lowest BCUT2D eigenvalue weighted by molar-refractivity contribution is -0.137. The highest BCUT2D eigenvalue weighted by Crippen LogP contribution is 2.33. The van der Waals surface area contributed by atoms with Gasteiger partial charge < -0.3 is 9.84 Å². The topological polar surface area (TPSA) is 105 Å². The summed E-state index contributed by atoms with van der Waals surface area (Å²) in [6.07, 6.45) is 1.72. The molecular formula is C17H16N4O4S2. The van der Waals surface area contributed by atoms with Gasteiger partial charge in [-0.25, -0.2) is 0 Å². The van der Waals surface area contributed by atoms with Crippen molar-refractivity contribution in [3.05, 3.63) is 39.7 Å². The Morgan fingerprint density at radius 3 is 2.70 bits per heavy atom. The van der Waals surface area contributed by atoms with Crippen LogP contribution in [0.1, 0.15) is 17.0 Å². The maximum atomic E-state index is 12.4. The summed E-state index contributed by atoms with van der Waals surface area (Å²) in [6.45, 7) is 1.96. The van der Waals surface area contributed by atoms with Gasteiger partial charge in [0.1, 0.15) is 10.8 Å². The van der Waals surface area contributed by atoms with Crippen LogP contribution in [-0.4, -0.2) is 50.9 Å². The monoisotopic (exact) mass is 404 g/mol. The van der Waals surface area contributed by atoms with E-state index in [1.165, 1.54) is 28.0 Å². The molecule has 1 aromatic heterocycles. The Bertz CT molecular complexity index is 921. The summed E-state index contributed by atoms with van der Waals surface area (Å²) in [7, 11) is 1.67. The van der Waals surface area contributed by atoms with Crippen LogP contribution >= 0.6 is 23.1 Å². The molecule has 27 heavy (non-hydrogen) atoms. The highest BCUT2D eigenvalue weighted by molar-refractivity contribution is 8.18. The Hall–Kier alpha value is -2.72. The van der Waals surface area contributed by atoms with E-state index in [1.54, 1.807) is 37.4 Å². The molecule has 1 saturated heterocycles. The number of hydrogen-bond acceptors (Lipinski definition) is 8. The van der Waals surface area contributed by atoms with E-state index in [1.807, 2.05) is 6.92 Å². The highest BCUT2D eigenvalue weighted by Gasteiger charge is 2.30. The molecule has 1 aliphatic rings. The van der Waals surface area contributed by atoms with Crippen molar-refractivity contribution in [2.24, 2.45) is 4.99 Å². The third-order valence-electron chi connectivity index (χ3n) is 3.47. The average molecular weight is 404 g/mol. The largest absolute Gasteiger partial charge is 0.493 e. The van der Waals surface area contributed by atoms with Gasteiger partial charge in [0.2, 0.25) is 5.13 Å². The molecule has 0 spiro atoms. The third-order valence-corrected chi connectivity index (χ3v) is 5.27. The second-order valence-corrected chi connectivity index (χ2v) is 7.70. The molecule has 1 amide bonds. The summed E-state index contributed by atoms with van der Waals surface area (Å²) in [5.74, 6) is -0.463. The lowest BCUT2D eigenvalue weighted by atomic mass is 10.2. The number of benzene rings is 1. The Morgan fingerprint density at radius 1 is 1.33 bits per heavy atom. The smallest absolute Gasteiger partial charge is 0.306 e. The lowest BCUT2D eigenvalue weighted by Crippen LogP contribution is -2.23. The summed E-state index contributed by atoms with van der Waals surface area (Å²) >= 11 is 2.64. The van der Waals surface area contributed by atoms with Crippen LogP contribution < -0.4 is 4.74 Å². The zero-order chi connectivity index (χ0) is 19.4. The number of aromatic nitrogens is 2. The maximum Gasteiger partial charge on any atom is 0.306 e. The molecule has 0 radical (unpaired) electrons. The first kappa shape index (κ1) is 19.1. The van der Waals surface area contributed by atoms with Crippen LogP contribution in [0.3, 0.4) is 0 Å². The van der Waals surface area contributed by atoms with Gasteiger partial charge in [0.05, 0.1) is 17.9 Å². The number of amidine groups is 1. The molecule has 1 fully saturated rings. The average Bonchev–Trinajstić information content (AvgIpc) is 3.15. The number of thioether (sulfide) groups is 1. The van der Waals surface area contributed by atoms with Crippen molar-refractivity contribution in [2.75, 3.05) is 13.7 Å². The number of aliphatic imine (C=N–C) groups is 1. The highest BCUT2D eigenvalue weighted by atomic mass is 32.2. The van der Waals surface area contributed by atoms with Crippen LogP contribution in [0.15, 0.2) is 34.2 Å². The second kappa shape index (κ2) is 8.31. The Morgan fingerprint density at radius 2 is 2.07 bits per heavy atom. The zero-order valence-electron chi connectivity index (χ0n) is 14.6. The van der Waals surface area contributed by atoms with Crippen molar-refractivity contribution in [1.29, 1.82) is 0 Å². The van der Waals surface area contributed by atoms with Gasteiger partial charge in [-0.1, -0.05) is 23.5 Å². The quantitative estimate of drug-likeness (QED) is 0.738. The summed E-state index contributed by atoms with van der Waals surface area (Å²) in [5.41, 5.74) is 0.831. The van der Waals surface area contributed by atoms with Crippen molar-refractivity contribution in [1.82, 2.24) is 15.1 Å². The number of aryl methyl sites for hydroxylation is 1. The minimum absolute atomic E-state index is 0.0560. The molecule has 0 bridgehead atoms. The Kier molecular flexibility index (Phi) is 5.87. The molecule has 1 aliphatic heterocycles. The van der Waals surface area contributed by atoms with Gasteiger partial charge in [-0.05, 0) is 42.5 Å². The van der Waals surface area contributed by atoms with E-state index < -0.39 is 5.97 Å². The molecule has 1 aromatic carbocycles. The number of carboxylic acid groups (broad SMARTS) is 1. The number of hydrogen-bond donors (Lipinski definition) is 1. The molecule has 0 aliphatic carbocycles. The van der Waals surface area contributed by atoms with E-state index in [-0.39, 0.29) is 18.9 Å². The number of carboxylic acids is 1. The van der Waals surface area contributed by atoms with Gasteiger partial charge in [-0.3, -0.25) is 14.5 Å². The van der Waals surface area contributed by atoms with Gasteiger partial charge >= 0.3 is 5.97 Å². The standard InChI is InChI=1S/C17H16N4O4S2/c1-10-19-20-16(26-10)18-17-21(2)15(24)13(27-17)9-11-3-5-12(6-4-11)25-8-7-14(22)23/h3-6,9H,7-8H2,1-2H3,(H,22,23)/b13-9+,18-17+. The SMILES string of the molecule is Cc1nnc(/N=C2/S/C(=C/c3ccc(OCCC(=O)O)cc3)C(=O)N2C)s1. The van der Waals surface area contributed by atoms with Gasteiger partial charge in [0.15, 0.2) is 5.17 Å². The first-order valence-electron chi connectivity index (χ1n) is 7.93. The third kappa shape index (κ3) is 4.92. The van der Waals surface area contributed by atoms with Crippen LogP contribution in [0.5, 0.6) is 5.75 Å². The number of likely N-dealkylation sites (N-methyl/N-ethyl adjacent to an activating group) is 1. The van der Waals surface area contributed by atoms with Crippen molar-refractivity contribution in [2.45, 2.75) is 13.3 Å². The summed E-state index contributed by atoms with van der Waals surface area (Å²) < 4.78 is 5.35. The molecule has 0 unspecified atom stereocenters. The fraction of sp³-hybridized carbons (Fsp3) is 0.235. The summed E-state index contributed by atoms with van der Waals surface area (Å²) in [6, 6.07) is 7.09. The molecule has 1 N–H and O–H groups in total. The number of nitrogens with zero attached hydrogens (tertiary/aromatic N) is 4. The van der Waals surface area contributed by atoms with E-state index in [4.69, 9.17) is 9.84 Å². The predicted octanol–water partition coefficient (Wildman–Crippen LogP) is 2.93. The van der Waals surface area contributed by atoms with Gasteiger partial charge in [0, 0.05) is 7.05 Å². The van der Waals surface area contributed by atoms with Crippen molar-refractivity contribution in [3.8, 4) is 5.75 Å². The fourth-order valence-corrected chi connectivity index (χ4v) is 3.72. The minimum atomic E-state index is -0.904. The molecule has 0 saturated carbocycles. The fourth-order valence-electron chi connectivity index (χ4n) is 2.13. The second-order valence-electron chi connectivity index (χ2n) is 5.53. The number of rotatable bonds is 6. The van der Waals surface area contributed by atoms with E-state index in [9.17, 15) is 9.59 Å². The predicted molar refractivity (Wildman–Crippen MR) is 104 cm³/mol. The molecular weight excluding hydrogens is 388 g/mol. The van der Waals surface area contributed by atoms with Gasteiger partial charge in [-0.15, -0.1) is 10.2 Å². The first-order valence-corrected chi connectivity index (χ1v) is 9.57. The van der Waals surface area contributed by atoms with Crippen LogP contribution in [0, 0.1) is 6.92 Å². The summed E-state index contributed by atoms with van der Waals surface area (Å²) in [4.78, 5) is 29.3. The molecule has 3 rings (SSSR count). The van der Waals surface area contributed by atoms with E-state index in [0.29, 0.717) is 21.0 Å². The Labute approximate surface area is 163 Å². The molecule has 10 heteroatoms. The van der Waals surface area contributed by atoms with E-state index >= 15 is 0 Å². The molecule has 8 nitrogen and oxygen atoms in total. The zero-order valence-corrected chi connectivity index (χ0v) is 16.2. The molecule has 2 aromatic rings. The number of amides is 1. The Balaban J connectivity index is 1.70. The molecule has 2 heterocycles. The lowest BCUT2D eigenvalue weighted by Gasteiger charge is -2.05. The van der Waals surface area contributed by atoms with Crippen LogP contribution in [0.25, 0.3) is 6.08 Å². The maximum absolute atomic E-state index is 12.4. The number of carbonyl (C=O) groups is 2. The van der Waals surface area contributed by atoms with Gasteiger partial charge in [-0.2, -0.15) is 4.99 Å². The number of carbonyl (C=O) groups excluding carboxylic acids is 1. The first-order chi connectivity index (χ1) is 12.9. The molecule has 0 atom stereocenters. The van der Waals surface area contributed by atoms with Crippen molar-refractivity contribution in [3.63, 3.8) is 0 Å². The number of aliphatic carboxylic acids is 1. The van der Waals surface area contributed by atoms with Crippen LogP contribution in [-0.2, 0) is 9.59 Å². The normalized spacial score (nSPS) is 17.1. The van der Waals surface area contributed by atoms with Crippen LogP contribution in [0.4, 0.5) is 5.13 Å². The number of ether oxygens (including phenoxy) is 1. The van der Waals surface area contributed by atoms with E-state index in [0.717, 1.165) is 10.6 Å². The van der Waals surface area contributed by atoms with Crippen molar-refractivity contribution >= 4 is 51.4 Å². The van der Waals surface area contributed by atoms with Crippen molar-refractivity contribution < 1.29 is 19.4 Å². The van der Waals surface area contributed by atoms with Crippen LogP contribution in [0.2, 0.25) is 0 Å². The summed E-state index contributed by atoms with van der Waals surface area (Å²) in [5, 5.41) is 18.4. The van der Waals surface area contributed by atoms with E-state index in [2.05, 4.69) is 15.2 Å². The molecule has 140 valence electrons.